The summed E-state index contributed by atoms with van der Waals surface area (Å²) in [4.78, 5) is 11.4. The molecule has 1 aliphatic carbocycles. The number of cyclic esters (lactones) is 1. The van der Waals surface area contributed by atoms with Crippen molar-refractivity contribution in [3.8, 4) is 0 Å². The second-order valence-corrected chi connectivity index (χ2v) is 6.08. The molecule has 0 aromatic heterocycles. The topological polar surface area (TPSA) is 58.6 Å². The van der Waals surface area contributed by atoms with E-state index in [-0.39, 0.29) is 25.2 Å². The fourth-order valence-corrected chi connectivity index (χ4v) is 2.97. The Morgan fingerprint density at radius 3 is 2.56 bits per heavy atom. The summed E-state index contributed by atoms with van der Waals surface area (Å²) in [6.07, 6.45) is -0.467. The molecule has 2 N–H and O–H groups in total. The zero-order chi connectivity index (χ0) is 13.6. The first-order valence-electron chi connectivity index (χ1n) is 6.19. The van der Waals surface area contributed by atoms with E-state index in [2.05, 4.69) is 5.32 Å². The molecule has 18 heavy (non-hydrogen) atoms. The van der Waals surface area contributed by atoms with Crippen LogP contribution in [0.1, 0.15) is 39.5 Å². The normalized spacial score (nSPS) is 32.4. The van der Waals surface area contributed by atoms with E-state index in [1.807, 2.05) is 0 Å². The van der Waals surface area contributed by atoms with Crippen LogP contribution in [-0.4, -0.2) is 34.9 Å². The lowest BCUT2D eigenvalue weighted by Crippen LogP contribution is -2.59. The first-order chi connectivity index (χ1) is 8.12. The predicted octanol–water partition coefficient (Wildman–Crippen LogP) is 2.06. The Hall–Kier alpha value is -0.910. The van der Waals surface area contributed by atoms with Crippen LogP contribution in [0, 0.1) is 5.92 Å². The van der Waals surface area contributed by atoms with E-state index in [1.54, 1.807) is 13.8 Å². The Morgan fingerprint density at radius 2 is 2.11 bits per heavy atom. The number of carbonyl (C=O) groups excluding carboxylic acids is 1. The van der Waals surface area contributed by atoms with Gasteiger partial charge in [-0.05, 0) is 13.8 Å². The minimum Gasteiger partial charge on any atom is -0.442 e. The van der Waals surface area contributed by atoms with Gasteiger partial charge in [0.15, 0.2) is 0 Å². The molecule has 2 aliphatic rings. The van der Waals surface area contributed by atoms with E-state index in [0.717, 1.165) is 0 Å². The lowest BCUT2D eigenvalue weighted by molar-refractivity contribution is -0.197. The van der Waals surface area contributed by atoms with Gasteiger partial charge in [0.2, 0.25) is 5.92 Å². The van der Waals surface area contributed by atoms with Crippen LogP contribution in [0.25, 0.3) is 0 Å². The fraction of sp³-hybridized carbons (Fsp3) is 0.917. The average molecular weight is 263 g/mol. The van der Waals surface area contributed by atoms with Gasteiger partial charge in [0, 0.05) is 38.1 Å². The molecule has 4 nitrogen and oxygen atoms in total. The number of hydrogen-bond donors (Lipinski definition) is 2. The van der Waals surface area contributed by atoms with Crippen molar-refractivity contribution >= 4 is 6.09 Å². The van der Waals surface area contributed by atoms with Crippen molar-refractivity contribution in [2.24, 2.45) is 5.92 Å². The van der Waals surface area contributed by atoms with Gasteiger partial charge in [-0.15, -0.1) is 0 Å². The number of alkyl halides is 2. The van der Waals surface area contributed by atoms with Crippen LogP contribution in [0.15, 0.2) is 0 Å². The minimum absolute atomic E-state index is 0.189. The number of nitrogens with one attached hydrogen (secondary N) is 1. The lowest BCUT2D eigenvalue weighted by Gasteiger charge is -2.51. The first kappa shape index (κ1) is 13.5. The molecule has 0 aromatic carbocycles. The van der Waals surface area contributed by atoms with Gasteiger partial charge in [0.1, 0.15) is 5.60 Å². The van der Waals surface area contributed by atoms with Crippen LogP contribution in [0.2, 0.25) is 0 Å². The second-order valence-electron chi connectivity index (χ2n) is 6.08. The lowest BCUT2D eigenvalue weighted by atomic mass is 9.65. The molecule has 0 spiro atoms. The fourth-order valence-electron chi connectivity index (χ4n) is 2.97. The van der Waals surface area contributed by atoms with Crippen molar-refractivity contribution in [2.75, 3.05) is 6.54 Å². The molecule has 1 atom stereocenters. The molecular weight excluding hydrogens is 244 g/mol. The molecular formula is C12H19F2NO3. The standard InChI is InChI=1S/C12H19F2NO3/c1-10(2,17)7-11(3-4-15-9(16)18-11)8-5-12(13,14)6-8/h8,17H,3-7H2,1-2H3,(H,15,16). The highest BCUT2D eigenvalue weighted by molar-refractivity contribution is 5.68. The van der Waals surface area contributed by atoms with E-state index in [1.165, 1.54) is 0 Å². The minimum atomic E-state index is -2.66. The molecule has 2 fully saturated rings. The van der Waals surface area contributed by atoms with E-state index in [0.29, 0.717) is 13.0 Å². The van der Waals surface area contributed by atoms with Gasteiger partial charge in [-0.2, -0.15) is 0 Å². The third-order valence-electron chi connectivity index (χ3n) is 3.68. The maximum atomic E-state index is 13.0. The highest BCUT2D eigenvalue weighted by Gasteiger charge is 2.58. The van der Waals surface area contributed by atoms with Crippen molar-refractivity contribution in [3.05, 3.63) is 0 Å². The van der Waals surface area contributed by atoms with Crippen molar-refractivity contribution in [1.29, 1.82) is 0 Å². The number of carbonyl (C=O) groups is 1. The third-order valence-corrected chi connectivity index (χ3v) is 3.68. The van der Waals surface area contributed by atoms with E-state index < -0.39 is 23.2 Å². The highest BCUT2D eigenvalue weighted by atomic mass is 19.3. The molecule has 2 rings (SSSR count). The number of hydrogen-bond acceptors (Lipinski definition) is 3. The summed E-state index contributed by atoms with van der Waals surface area (Å²) in [5.41, 5.74) is -2.01. The summed E-state index contributed by atoms with van der Waals surface area (Å²) in [6.45, 7) is 3.60. The quantitative estimate of drug-likeness (QED) is 0.819. The van der Waals surface area contributed by atoms with Crippen LogP contribution in [0.5, 0.6) is 0 Å². The van der Waals surface area contributed by atoms with Gasteiger partial charge >= 0.3 is 6.09 Å². The molecule has 0 radical (unpaired) electrons. The summed E-state index contributed by atoms with van der Waals surface area (Å²) in [5.74, 6) is -3.03. The first-order valence-corrected chi connectivity index (χ1v) is 6.19. The smallest absolute Gasteiger partial charge is 0.407 e. The molecule has 1 aliphatic heterocycles. The van der Waals surface area contributed by atoms with Gasteiger partial charge < -0.3 is 15.2 Å². The number of rotatable bonds is 3. The van der Waals surface area contributed by atoms with Gasteiger partial charge in [-0.3, -0.25) is 0 Å². The van der Waals surface area contributed by atoms with Crippen LogP contribution in [-0.2, 0) is 4.74 Å². The summed E-state index contributed by atoms with van der Waals surface area (Å²) in [7, 11) is 0. The maximum absolute atomic E-state index is 13.0. The largest absolute Gasteiger partial charge is 0.442 e. The SMILES string of the molecule is CC(C)(O)CC1(C2CC(F)(F)C2)CCNC(=O)O1. The van der Waals surface area contributed by atoms with Gasteiger partial charge in [-0.1, -0.05) is 0 Å². The number of alkyl carbamates (subject to hydrolysis) is 1. The Labute approximate surface area is 105 Å². The number of amides is 1. The molecule has 1 saturated carbocycles. The van der Waals surface area contributed by atoms with E-state index in [4.69, 9.17) is 4.74 Å². The summed E-state index contributed by atoms with van der Waals surface area (Å²) >= 11 is 0. The molecule has 1 heterocycles. The van der Waals surface area contributed by atoms with Crippen LogP contribution < -0.4 is 5.32 Å². The Bertz CT molecular complexity index is 346. The molecule has 1 saturated heterocycles. The molecule has 1 unspecified atom stereocenters. The van der Waals surface area contributed by atoms with Gasteiger partial charge in [-0.25, -0.2) is 13.6 Å². The molecule has 6 heteroatoms. The summed E-state index contributed by atoms with van der Waals surface area (Å²) in [6, 6.07) is 0. The highest BCUT2D eigenvalue weighted by Crippen LogP contribution is 2.52. The van der Waals surface area contributed by atoms with Crippen molar-refractivity contribution in [3.63, 3.8) is 0 Å². The third kappa shape index (κ3) is 2.74. The van der Waals surface area contributed by atoms with Gasteiger partial charge in [0.05, 0.1) is 5.60 Å². The zero-order valence-electron chi connectivity index (χ0n) is 10.6. The molecule has 0 bridgehead atoms. The van der Waals surface area contributed by atoms with Crippen molar-refractivity contribution < 1.29 is 23.4 Å². The van der Waals surface area contributed by atoms with Crippen LogP contribution >= 0.6 is 0 Å². The zero-order valence-corrected chi connectivity index (χ0v) is 10.6. The van der Waals surface area contributed by atoms with Crippen LogP contribution in [0.3, 0.4) is 0 Å². The predicted molar refractivity (Wildman–Crippen MR) is 60.4 cm³/mol. The Morgan fingerprint density at radius 1 is 1.50 bits per heavy atom. The maximum Gasteiger partial charge on any atom is 0.407 e. The number of ether oxygens (including phenoxy) is 1. The summed E-state index contributed by atoms with van der Waals surface area (Å²) in [5, 5.41) is 12.4. The van der Waals surface area contributed by atoms with E-state index in [9.17, 15) is 18.7 Å². The number of halogens is 2. The Balaban J connectivity index is 2.15. The monoisotopic (exact) mass is 263 g/mol. The molecule has 104 valence electrons. The average Bonchev–Trinajstić information content (AvgIpc) is 2.10. The Kier molecular flexibility index (Phi) is 3.04. The molecule has 0 aromatic rings. The summed E-state index contributed by atoms with van der Waals surface area (Å²) < 4.78 is 31.4. The van der Waals surface area contributed by atoms with Gasteiger partial charge in [0.25, 0.3) is 0 Å². The number of aliphatic hydroxyl groups is 1. The van der Waals surface area contributed by atoms with Crippen LogP contribution in [0.4, 0.5) is 13.6 Å². The molecule has 1 amide bonds. The van der Waals surface area contributed by atoms with Crippen molar-refractivity contribution in [1.82, 2.24) is 5.32 Å². The van der Waals surface area contributed by atoms with E-state index >= 15 is 0 Å². The van der Waals surface area contributed by atoms with Crippen molar-refractivity contribution in [2.45, 2.75) is 56.7 Å². The second kappa shape index (κ2) is 4.05.